The van der Waals surface area contributed by atoms with Crippen LogP contribution < -0.4 is 0 Å². The molecular weight excluding hydrogens is 418 g/mol. The number of thiophene rings is 1. The van der Waals surface area contributed by atoms with Gasteiger partial charge in [-0.3, -0.25) is 0 Å². The standard InChI is InChI=1S/C31H25NS/c1-19-16-25-23-12-6-7-13-29(23)33-31(25)26(17-19)28-18-24(20-8-2-3-9-20)30-22-11-5-4-10-21(22)14-15-27(30)32-28/h4-7,10-18,20H,2-3,8-9H2,1H3. The molecule has 0 bridgehead atoms. The molecule has 0 radical (unpaired) electrons. The maximum Gasteiger partial charge on any atom is 0.0727 e. The number of aromatic nitrogens is 1. The van der Waals surface area contributed by atoms with E-state index in [1.165, 1.54) is 78.7 Å². The van der Waals surface area contributed by atoms with Gasteiger partial charge in [0.2, 0.25) is 0 Å². The minimum Gasteiger partial charge on any atom is -0.248 e. The molecule has 0 aliphatic heterocycles. The van der Waals surface area contributed by atoms with Crippen LogP contribution in [-0.2, 0) is 0 Å². The topological polar surface area (TPSA) is 12.9 Å². The van der Waals surface area contributed by atoms with Crippen LogP contribution in [0.1, 0.15) is 42.7 Å². The highest BCUT2D eigenvalue weighted by Crippen LogP contribution is 2.44. The van der Waals surface area contributed by atoms with Gasteiger partial charge in [-0.15, -0.1) is 11.3 Å². The van der Waals surface area contributed by atoms with E-state index < -0.39 is 0 Å². The molecule has 2 heterocycles. The van der Waals surface area contributed by atoms with Crippen molar-refractivity contribution in [3.8, 4) is 11.3 Å². The van der Waals surface area contributed by atoms with Gasteiger partial charge in [0.1, 0.15) is 0 Å². The Morgan fingerprint density at radius 1 is 0.788 bits per heavy atom. The van der Waals surface area contributed by atoms with Crippen molar-refractivity contribution in [3.05, 3.63) is 90.0 Å². The number of hydrogen-bond acceptors (Lipinski definition) is 2. The van der Waals surface area contributed by atoms with Crippen LogP contribution in [-0.4, -0.2) is 4.98 Å². The molecule has 0 spiro atoms. The smallest absolute Gasteiger partial charge is 0.0727 e. The molecule has 33 heavy (non-hydrogen) atoms. The van der Waals surface area contributed by atoms with Crippen LogP contribution >= 0.6 is 11.3 Å². The first-order chi connectivity index (χ1) is 16.3. The van der Waals surface area contributed by atoms with Crippen molar-refractivity contribution < 1.29 is 0 Å². The van der Waals surface area contributed by atoms with Gasteiger partial charge in [-0.2, -0.15) is 0 Å². The molecule has 0 unspecified atom stereocenters. The third kappa shape index (κ3) is 3.01. The lowest BCUT2D eigenvalue weighted by Gasteiger charge is -2.17. The summed E-state index contributed by atoms with van der Waals surface area (Å²) < 4.78 is 2.70. The van der Waals surface area contributed by atoms with Crippen LogP contribution in [0.2, 0.25) is 0 Å². The van der Waals surface area contributed by atoms with Gasteiger partial charge in [-0.05, 0) is 77.9 Å². The molecule has 1 nitrogen and oxygen atoms in total. The summed E-state index contributed by atoms with van der Waals surface area (Å²) in [5.41, 5.74) is 6.33. The number of aryl methyl sites for hydroxylation is 1. The predicted octanol–water partition coefficient (Wildman–Crippen LogP) is 9.39. The molecule has 2 aromatic heterocycles. The van der Waals surface area contributed by atoms with Gasteiger partial charge in [-0.25, -0.2) is 4.98 Å². The van der Waals surface area contributed by atoms with E-state index in [4.69, 9.17) is 4.98 Å². The second kappa shape index (κ2) is 7.40. The second-order valence-corrected chi connectivity index (χ2v) is 10.6. The predicted molar refractivity (Wildman–Crippen MR) is 144 cm³/mol. The zero-order valence-corrected chi connectivity index (χ0v) is 19.6. The van der Waals surface area contributed by atoms with Gasteiger partial charge in [0.25, 0.3) is 0 Å². The Hall–Kier alpha value is -3.23. The molecule has 6 aromatic rings. The number of rotatable bonds is 2. The number of nitrogens with zero attached hydrogens (tertiary/aromatic N) is 1. The van der Waals surface area contributed by atoms with E-state index in [9.17, 15) is 0 Å². The Balaban J connectivity index is 1.57. The summed E-state index contributed by atoms with van der Waals surface area (Å²) in [5, 5.41) is 6.72. The Morgan fingerprint density at radius 2 is 1.58 bits per heavy atom. The van der Waals surface area contributed by atoms with Crippen LogP contribution in [0.4, 0.5) is 0 Å². The summed E-state index contributed by atoms with van der Waals surface area (Å²) in [7, 11) is 0. The molecular formula is C31H25NS. The SMILES string of the molecule is Cc1cc(-c2cc(C3CCCC3)c3c(ccc4ccccc43)n2)c2sc3ccccc3c2c1. The summed E-state index contributed by atoms with van der Waals surface area (Å²) in [6.07, 6.45) is 5.24. The van der Waals surface area contributed by atoms with Gasteiger partial charge in [-0.1, -0.05) is 61.4 Å². The fourth-order valence-corrected chi connectivity index (χ4v) is 7.10. The van der Waals surface area contributed by atoms with E-state index in [1.807, 2.05) is 11.3 Å². The molecule has 0 amide bonds. The fraction of sp³-hybridized carbons (Fsp3) is 0.194. The Morgan fingerprint density at radius 3 is 2.45 bits per heavy atom. The quantitative estimate of drug-likeness (QED) is 0.243. The van der Waals surface area contributed by atoms with Gasteiger partial charge in [0, 0.05) is 31.1 Å². The summed E-state index contributed by atoms with van der Waals surface area (Å²) in [5.74, 6) is 0.628. The second-order valence-electron chi connectivity index (χ2n) is 9.55. The van der Waals surface area contributed by atoms with Gasteiger partial charge >= 0.3 is 0 Å². The van der Waals surface area contributed by atoms with Gasteiger partial charge < -0.3 is 0 Å². The molecule has 1 aliphatic rings. The number of pyridine rings is 1. The summed E-state index contributed by atoms with van der Waals surface area (Å²) >= 11 is 1.90. The van der Waals surface area contributed by atoms with Crippen molar-refractivity contribution in [3.63, 3.8) is 0 Å². The molecule has 1 fully saturated rings. The molecule has 0 N–H and O–H groups in total. The Kier molecular flexibility index (Phi) is 4.32. The fourth-order valence-electron chi connectivity index (χ4n) is 5.90. The molecule has 0 atom stereocenters. The van der Waals surface area contributed by atoms with Crippen molar-refractivity contribution in [2.24, 2.45) is 0 Å². The first kappa shape index (κ1) is 19.3. The lowest BCUT2D eigenvalue weighted by molar-refractivity contribution is 0.729. The van der Waals surface area contributed by atoms with Crippen molar-refractivity contribution in [2.45, 2.75) is 38.5 Å². The van der Waals surface area contributed by atoms with E-state index in [1.54, 1.807) is 0 Å². The first-order valence-electron chi connectivity index (χ1n) is 12.0. The van der Waals surface area contributed by atoms with E-state index in [-0.39, 0.29) is 0 Å². The monoisotopic (exact) mass is 443 g/mol. The number of benzene rings is 4. The molecule has 7 rings (SSSR count). The molecule has 4 aromatic carbocycles. The minimum absolute atomic E-state index is 0.628. The highest BCUT2D eigenvalue weighted by molar-refractivity contribution is 7.26. The third-order valence-electron chi connectivity index (χ3n) is 7.42. The van der Waals surface area contributed by atoms with Crippen LogP contribution in [0.3, 0.4) is 0 Å². The van der Waals surface area contributed by atoms with Crippen LogP contribution in [0.15, 0.2) is 78.9 Å². The average Bonchev–Trinajstić information content (AvgIpc) is 3.51. The summed E-state index contributed by atoms with van der Waals surface area (Å²) in [6.45, 7) is 2.21. The summed E-state index contributed by atoms with van der Waals surface area (Å²) in [6, 6.07) is 29.1. The highest BCUT2D eigenvalue weighted by atomic mass is 32.1. The van der Waals surface area contributed by atoms with Crippen LogP contribution in [0, 0.1) is 6.92 Å². The van der Waals surface area contributed by atoms with Crippen LogP contribution in [0.25, 0.3) is 53.1 Å². The van der Waals surface area contributed by atoms with Gasteiger partial charge in [0.05, 0.1) is 11.2 Å². The number of fused-ring (bicyclic) bond motifs is 6. The number of hydrogen-bond donors (Lipinski definition) is 0. The molecule has 0 saturated heterocycles. The third-order valence-corrected chi connectivity index (χ3v) is 8.64. The molecule has 1 aliphatic carbocycles. The molecule has 160 valence electrons. The maximum absolute atomic E-state index is 5.30. The zero-order chi connectivity index (χ0) is 21.9. The first-order valence-corrected chi connectivity index (χ1v) is 12.8. The van der Waals surface area contributed by atoms with Gasteiger partial charge in [0.15, 0.2) is 0 Å². The van der Waals surface area contributed by atoms with E-state index >= 15 is 0 Å². The maximum atomic E-state index is 5.30. The lowest BCUT2D eigenvalue weighted by atomic mass is 9.89. The largest absolute Gasteiger partial charge is 0.248 e. The average molecular weight is 444 g/mol. The van der Waals surface area contributed by atoms with E-state index in [2.05, 4.69) is 85.8 Å². The van der Waals surface area contributed by atoms with Crippen molar-refractivity contribution in [2.75, 3.05) is 0 Å². The van der Waals surface area contributed by atoms with Crippen LogP contribution in [0.5, 0.6) is 0 Å². The zero-order valence-electron chi connectivity index (χ0n) is 18.8. The Bertz CT molecular complexity index is 1680. The van der Waals surface area contributed by atoms with E-state index in [0.29, 0.717) is 5.92 Å². The summed E-state index contributed by atoms with van der Waals surface area (Å²) in [4.78, 5) is 5.30. The highest BCUT2D eigenvalue weighted by Gasteiger charge is 2.23. The lowest BCUT2D eigenvalue weighted by Crippen LogP contribution is -1.98. The normalized spacial score (nSPS) is 14.8. The molecule has 1 saturated carbocycles. The molecule has 2 heteroatoms. The minimum atomic E-state index is 0.628. The Labute approximate surface area is 197 Å². The van der Waals surface area contributed by atoms with E-state index in [0.717, 1.165) is 11.2 Å². The van der Waals surface area contributed by atoms with Crippen molar-refractivity contribution in [1.82, 2.24) is 4.98 Å². The van der Waals surface area contributed by atoms with Crippen molar-refractivity contribution in [1.29, 1.82) is 0 Å². The van der Waals surface area contributed by atoms with Crippen molar-refractivity contribution >= 4 is 53.2 Å².